The van der Waals surface area contributed by atoms with Gasteiger partial charge in [-0.15, -0.1) is 0 Å². The average molecular weight is 204 g/mol. The Labute approximate surface area is 75.0 Å². The van der Waals surface area contributed by atoms with E-state index in [1.165, 1.54) is 29.7 Å². The molecule has 0 aromatic carbocycles. The first kappa shape index (κ1) is 9.41. The van der Waals surface area contributed by atoms with E-state index in [1.54, 1.807) is 5.38 Å². The fourth-order valence-corrected chi connectivity index (χ4v) is 3.11. The van der Waals surface area contributed by atoms with Gasteiger partial charge < -0.3 is 0 Å². The Morgan fingerprint density at radius 3 is 2.67 bits per heavy atom. The summed E-state index contributed by atoms with van der Waals surface area (Å²) in [5.74, 6) is -0.731. The van der Waals surface area contributed by atoms with Crippen molar-refractivity contribution in [1.29, 1.82) is 0 Å². The number of ketones is 1. The van der Waals surface area contributed by atoms with Crippen molar-refractivity contribution in [2.24, 2.45) is 0 Å². The molecule has 0 N–H and O–H groups in total. The molecule has 12 heavy (non-hydrogen) atoms. The van der Waals surface area contributed by atoms with E-state index in [1.807, 2.05) is 0 Å². The number of hydrogen-bond acceptors (Lipinski definition) is 4. The Morgan fingerprint density at radius 1 is 1.58 bits per heavy atom. The third kappa shape index (κ3) is 2.15. The number of Topliss-reactive ketones (excluding diaryl/α,β-unsaturated/α-hetero) is 1. The van der Waals surface area contributed by atoms with Gasteiger partial charge in [-0.2, -0.15) is 11.3 Å². The molecular formula is C7H8O3S2. The lowest BCUT2D eigenvalue weighted by Crippen LogP contribution is -2.12. The Bertz CT molecular complexity index is 361. The second-order valence-corrected chi connectivity index (χ2v) is 5.19. The van der Waals surface area contributed by atoms with Crippen LogP contribution < -0.4 is 0 Å². The van der Waals surface area contributed by atoms with E-state index in [-0.39, 0.29) is 10.7 Å². The van der Waals surface area contributed by atoms with E-state index < -0.39 is 15.6 Å². The summed E-state index contributed by atoms with van der Waals surface area (Å²) < 4.78 is 22.6. The summed E-state index contributed by atoms with van der Waals surface area (Å²) >= 11 is 1.30. The van der Waals surface area contributed by atoms with Gasteiger partial charge in [0.2, 0.25) is 0 Å². The van der Waals surface area contributed by atoms with E-state index in [0.717, 1.165) is 0 Å². The summed E-state index contributed by atoms with van der Waals surface area (Å²) in [7, 11) is -3.36. The van der Waals surface area contributed by atoms with Crippen LogP contribution in [0.2, 0.25) is 0 Å². The molecule has 0 aliphatic rings. The first-order chi connectivity index (χ1) is 5.52. The monoisotopic (exact) mass is 204 g/mol. The fraction of sp³-hybridized carbons (Fsp3) is 0.286. The van der Waals surface area contributed by atoms with Crippen LogP contribution in [0.3, 0.4) is 0 Å². The maximum absolute atomic E-state index is 11.3. The van der Waals surface area contributed by atoms with Crippen LogP contribution in [0, 0.1) is 0 Å². The second-order valence-electron chi connectivity index (χ2n) is 2.42. The smallest absolute Gasteiger partial charge is 0.186 e. The van der Waals surface area contributed by atoms with E-state index in [0.29, 0.717) is 0 Å². The number of rotatable bonds is 3. The van der Waals surface area contributed by atoms with Crippen LogP contribution >= 0.6 is 11.3 Å². The molecule has 3 nitrogen and oxygen atoms in total. The number of carbonyl (C=O) groups excluding carboxylic acids is 1. The lowest BCUT2D eigenvalue weighted by Gasteiger charge is -1.96. The van der Waals surface area contributed by atoms with Crippen molar-refractivity contribution in [3.63, 3.8) is 0 Å². The summed E-state index contributed by atoms with van der Waals surface area (Å²) in [6.07, 6.45) is 0. The molecule has 66 valence electrons. The summed E-state index contributed by atoms with van der Waals surface area (Å²) in [5, 5.41) is 3.20. The van der Waals surface area contributed by atoms with Gasteiger partial charge in [-0.25, -0.2) is 8.42 Å². The van der Waals surface area contributed by atoms with Crippen LogP contribution in [0.15, 0.2) is 21.7 Å². The first-order valence-electron chi connectivity index (χ1n) is 3.27. The van der Waals surface area contributed by atoms with Gasteiger partial charge in [0.25, 0.3) is 0 Å². The molecule has 0 saturated heterocycles. The quantitative estimate of drug-likeness (QED) is 0.741. The van der Waals surface area contributed by atoms with Crippen molar-refractivity contribution in [3.05, 3.63) is 16.8 Å². The number of carbonyl (C=O) groups is 1. The second kappa shape index (κ2) is 3.37. The minimum absolute atomic E-state index is 0.239. The zero-order valence-electron chi connectivity index (χ0n) is 6.48. The highest BCUT2D eigenvalue weighted by Crippen LogP contribution is 2.14. The van der Waals surface area contributed by atoms with Crippen molar-refractivity contribution in [1.82, 2.24) is 0 Å². The standard InChI is InChI=1S/C7H8O3S2/c1-6(8)5-12(9,10)7-2-3-11-4-7/h2-4H,5H2,1H3. The van der Waals surface area contributed by atoms with Crippen LogP contribution in [0.1, 0.15) is 6.92 Å². The third-order valence-corrected chi connectivity index (χ3v) is 3.84. The fourth-order valence-electron chi connectivity index (χ4n) is 0.780. The Hall–Kier alpha value is -0.680. The molecule has 0 aliphatic heterocycles. The molecular weight excluding hydrogens is 196 g/mol. The predicted octanol–water partition coefficient (Wildman–Crippen LogP) is 1.11. The number of hydrogen-bond donors (Lipinski definition) is 0. The third-order valence-electron chi connectivity index (χ3n) is 1.25. The molecule has 0 aliphatic carbocycles. The van der Waals surface area contributed by atoms with Gasteiger partial charge in [0, 0.05) is 5.38 Å². The molecule has 0 radical (unpaired) electrons. The highest BCUT2D eigenvalue weighted by Gasteiger charge is 2.16. The van der Waals surface area contributed by atoms with Crippen LogP contribution in [0.25, 0.3) is 0 Å². The first-order valence-corrected chi connectivity index (χ1v) is 5.86. The van der Waals surface area contributed by atoms with E-state index in [9.17, 15) is 13.2 Å². The van der Waals surface area contributed by atoms with Crippen molar-refractivity contribution in [2.45, 2.75) is 11.8 Å². The molecule has 0 saturated carbocycles. The summed E-state index contributed by atoms with van der Waals surface area (Å²) in [5.41, 5.74) is 0. The van der Waals surface area contributed by atoms with Crippen molar-refractivity contribution >= 4 is 27.0 Å². The Morgan fingerprint density at radius 2 is 2.25 bits per heavy atom. The van der Waals surface area contributed by atoms with Gasteiger partial charge in [-0.1, -0.05) is 0 Å². The molecule has 1 aromatic heterocycles. The maximum atomic E-state index is 11.3. The van der Waals surface area contributed by atoms with E-state index in [4.69, 9.17) is 0 Å². The topological polar surface area (TPSA) is 51.2 Å². The molecule has 0 fully saturated rings. The number of sulfone groups is 1. The van der Waals surface area contributed by atoms with Crippen LogP contribution in [-0.4, -0.2) is 20.0 Å². The predicted molar refractivity (Wildman–Crippen MR) is 47.1 cm³/mol. The van der Waals surface area contributed by atoms with Gasteiger partial charge in [0.05, 0.1) is 4.90 Å². The lowest BCUT2D eigenvalue weighted by atomic mass is 10.5. The van der Waals surface area contributed by atoms with Gasteiger partial charge in [-0.05, 0) is 18.4 Å². The molecule has 0 atom stereocenters. The molecule has 1 heterocycles. The SMILES string of the molecule is CC(=O)CS(=O)(=O)c1ccsc1. The molecule has 1 aromatic rings. The molecule has 0 spiro atoms. The highest BCUT2D eigenvalue weighted by atomic mass is 32.2. The zero-order chi connectivity index (χ0) is 9.19. The summed E-state index contributed by atoms with van der Waals surface area (Å²) in [6, 6.07) is 1.50. The average Bonchev–Trinajstić information content (AvgIpc) is 2.32. The number of thiophene rings is 1. The van der Waals surface area contributed by atoms with Crippen molar-refractivity contribution in [2.75, 3.05) is 5.75 Å². The highest BCUT2D eigenvalue weighted by molar-refractivity contribution is 7.92. The normalized spacial score (nSPS) is 11.4. The van der Waals surface area contributed by atoms with Gasteiger partial charge in [0.15, 0.2) is 9.84 Å². The minimum atomic E-state index is -3.36. The van der Waals surface area contributed by atoms with Gasteiger partial charge in [0.1, 0.15) is 11.5 Å². The van der Waals surface area contributed by atoms with Gasteiger partial charge in [-0.3, -0.25) is 4.79 Å². The molecule has 0 amide bonds. The van der Waals surface area contributed by atoms with E-state index >= 15 is 0 Å². The Balaban J connectivity index is 2.96. The summed E-state index contributed by atoms with van der Waals surface area (Å²) in [4.78, 5) is 10.8. The molecule has 5 heteroatoms. The van der Waals surface area contributed by atoms with Crippen LogP contribution in [-0.2, 0) is 14.6 Å². The largest absolute Gasteiger partial charge is 0.299 e. The van der Waals surface area contributed by atoms with Crippen LogP contribution in [0.4, 0.5) is 0 Å². The lowest BCUT2D eigenvalue weighted by molar-refractivity contribution is -0.114. The van der Waals surface area contributed by atoms with E-state index in [2.05, 4.69) is 0 Å². The molecule has 0 bridgehead atoms. The van der Waals surface area contributed by atoms with Crippen molar-refractivity contribution in [3.8, 4) is 0 Å². The van der Waals surface area contributed by atoms with Crippen LogP contribution in [0.5, 0.6) is 0 Å². The zero-order valence-corrected chi connectivity index (χ0v) is 8.11. The summed E-state index contributed by atoms with van der Waals surface area (Å²) in [6.45, 7) is 1.27. The van der Waals surface area contributed by atoms with Crippen molar-refractivity contribution < 1.29 is 13.2 Å². The Kier molecular flexibility index (Phi) is 2.64. The molecule has 1 rings (SSSR count). The minimum Gasteiger partial charge on any atom is -0.299 e. The maximum Gasteiger partial charge on any atom is 0.186 e. The molecule has 0 unspecified atom stereocenters. The van der Waals surface area contributed by atoms with Gasteiger partial charge >= 0.3 is 0 Å².